The van der Waals surface area contributed by atoms with Crippen LogP contribution in [0, 0.1) is 0 Å². The maximum absolute atomic E-state index is 12.2. The maximum Gasteiger partial charge on any atom is 0.338 e. The summed E-state index contributed by atoms with van der Waals surface area (Å²) in [5, 5.41) is 39.9. The molecule has 8 heteroatoms. The lowest BCUT2D eigenvalue weighted by Crippen LogP contribution is -2.57. The van der Waals surface area contributed by atoms with Gasteiger partial charge in [0.2, 0.25) is 0 Å². The molecule has 0 saturated heterocycles. The van der Waals surface area contributed by atoms with Crippen LogP contribution in [0.4, 0.5) is 0 Å². The van der Waals surface area contributed by atoms with Crippen LogP contribution in [-0.2, 0) is 19.1 Å². The molecule has 1 saturated carbocycles. The summed E-state index contributed by atoms with van der Waals surface area (Å²) in [5.41, 5.74) is -1.41. The molecule has 0 bridgehead atoms. The monoisotopic (exact) mass is 394 g/mol. The van der Waals surface area contributed by atoms with Crippen LogP contribution < -0.4 is 0 Å². The number of aliphatic hydroxyl groups excluding tert-OH is 2. The SMILES string of the molecule is CCCCOC(=O)C1(O)CC(O)C(O)C(OC(=O)C=Cc2ccc(O)cc2)C1. The van der Waals surface area contributed by atoms with Crippen LogP contribution >= 0.6 is 0 Å². The number of ether oxygens (including phenoxy) is 2. The van der Waals surface area contributed by atoms with Gasteiger partial charge in [0, 0.05) is 18.9 Å². The first-order valence-electron chi connectivity index (χ1n) is 9.18. The lowest BCUT2D eigenvalue weighted by Gasteiger charge is -2.39. The van der Waals surface area contributed by atoms with Gasteiger partial charge >= 0.3 is 11.9 Å². The largest absolute Gasteiger partial charge is 0.508 e. The van der Waals surface area contributed by atoms with Crippen molar-refractivity contribution in [3.05, 3.63) is 35.9 Å². The van der Waals surface area contributed by atoms with Crippen LogP contribution in [0.3, 0.4) is 0 Å². The van der Waals surface area contributed by atoms with Crippen LogP contribution in [-0.4, -0.2) is 62.9 Å². The van der Waals surface area contributed by atoms with E-state index in [1.54, 1.807) is 12.1 Å². The van der Waals surface area contributed by atoms with Crippen molar-refractivity contribution in [3.8, 4) is 5.75 Å². The Morgan fingerprint density at radius 3 is 2.54 bits per heavy atom. The second-order valence-electron chi connectivity index (χ2n) is 6.89. The van der Waals surface area contributed by atoms with Gasteiger partial charge < -0.3 is 29.9 Å². The number of aliphatic hydroxyl groups is 3. The molecule has 8 nitrogen and oxygen atoms in total. The molecule has 1 aromatic rings. The Bertz CT molecular complexity index is 699. The fraction of sp³-hybridized carbons (Fsp3) is 0.500. The van der Waals surface area contributed by atoms with Crippen molar-refractivity contribution < 1.29 is 39.5 Å². The van der Waals surface area contributed by atoms with E-state index in [0.29, 0.717) is 12.0 Å². The van der Waals surface area contributed by atoms with Gasteiger partial charge in [0.1, 0.15) is 18.0 Å². The van der Waals surface area contributed by atoms with Crippen molar-refractivity contribution in [2.24, 2.45) is 0 Å². The molecule has 4 N–H and O–H groups in total. The Labute approximate surface area is 163 Å². The summed E-state index contributed by atoms with van der Waals surface area (Å²) in [5.74, 6) is -1.63. The molecule has 1 aliphatic carbocycles. The summed E-state index contributed by atoms with van der Waals surface area (Å²) < 4.78 is 10.2. The number of esters is 2. The van der Waals surface area contributed by atoms with Crippen LogP contribution in [0.2, 0.25) is 0 Å². The number of carbonyl (C=O) groups is 2. The number of benzene rings is 1. The minimum absolute atomic E-state index is 0.0872. The van der Waals surface area contributed by atoms with Gasteiger partial charge in [0.15, 0.2) is 5.60 Å². The van der Waals surface area contributed by atoms with E-state index in [9.17, 15) is 30.0 Å². The second kappa shape index (κ2) is 9.68. The Balaban J connectivity index is 2.00. The zero-order chi connectivity index (χ0) is 20.7. The van der Waals surface area contributed by atoms with Gasteiger partial charge in [-0.2, -0.15) is 0 Å². The van der Waals surface area contributed by atoms with Gasteiger partial charge in [-0.05, 0) is 30.2 Å². The lowest BCUT2D eigenvalue weighted by molar-refractivity contribution is -0.200. The average Bonchev–Trinajstić information content (AvgIpc) is 2.65. The summed E-state index contributed by atoms with van der Waals surface area (Å²) in [4.78, 5) is 24.2. The Hall–Kier alpha value is -2.42. The molecule has 4 atom stereocenters. The van der Waals surface area contributed by atoms with Crippen molar-refractivity contribution in [3.63, 3.8) is 0 Å². The highest BCUT2D eigenvalue weighted by atomic mass is 16.6. The minimum Gasteiger partial charge on any atom is -0.508 e. The number of hydrogen-bond donors (Lipinski definition) is 4. The number of unbranched alkanes of at least 4 members (excludes halogenated alkanes) is 1. The van der Waals surface area contributed by atoms with Crippen LogP contribution in [0.1, 0.15) is 38.2 Å². The number of rotatable bonds is 7. The molecule has 0 amide bonds. The van der Waals surface area contributed by atoms with Gasteiger partial charge in [-0.15, -0.1) is 0 Å². The van der Waals surface area contributed by atoms with Gasteiger partial charge in [0.25, 0.3) is 0 Å². The van der Waals surface area contributed by atoms with Crippen LogP contribution in [0.25, 0.3) is 6.08 Å². The molecule has 1 fully saturated rings. The van der Waals surface area contributed by atoms with Crippen molar-refractivity contribution in [1.29, 1.82) is 0 Å². The predicted molar refractivity (Wildman–Crippen MR) is 99.1 cm³/mol. The smallest absolute Gasteiger partial charge is 0.338 e. The van der Waals surface area contributed by atoms with E-state index in [1.807, 2.05) is 6.92 Å². The van der Waals surface area contributed by atoms with Gasteiger partial charge in [0.05, 0.1) is 12.7 Å². The predicted octanol–water partition coefficient (Wildman–Crippen LogP) is 0.907. The first-order chi connectivity index (χ1) is 13.2. The quantitative estimate of drug-likeness (QED) is 0.305. The zero-order valence-corrected chi connectivity index (χ0v) is 15.7. The Kier molecular flexibility index (Phi) is 7.56. The normalized spacial score (nSPS) is 27.5. The molecular formula is C20H26O8. The molecular weight excluding hydrogens is 368 g/mol. The second-order valence-corrected chi connectivity index (χ2v) is 6.89. The van der Waals surface area contributed by atoms with Crippen molar-refractivity contribution >= 4 is 18.0 Å². The zero-order valence-electron chi connectivity index (χ0n) is 15.7. The van der Waals surface area contributed by atoms with Crippen LogP contribution in [0.5, 0.6) is 5.75 Å². The summed E-state index contributed by atoms with van der Waals surface area (Å²) >= 11 is 0. The number of aromatic hydroxyl groups is 1. The molecule has 1 aliphatic rings. The number of phenolic OH excluding ortho intramolecular Hbond substituents is 1. The van der Waals surface area contributed by atoms with Gasteiger partial charge in [-0.25, -0.2) is 9.59 Å². The summed E-state index contributed by atoms with van der Waals surface area (Å²) in [6.45, 7) is 2.06. The average molecular weight is 394 g/mol. The first kappa shape index (κ1) is 21.9. The van der Waals surface area contributed by atoms with Gasteiger partial charge in [-0.3, -0.25) is 0 Å². The molecule has 0 aliphatic heterocycles. The molecule has 1 aromatic carbocycles. The standard InChI is InChI=1S/C20H26O8/c1-2-3-10-27-19(25)20(26)11-15(22)18(24)16(12-20)28-17(23)9-6-13-4-7-14(21)8-5-13/h4-9,15-16,18,21-22,24,26H,2-3,10-12H2,1H3. The summed E-state index contributed by atoms with van der Waals surface area (Å²) in [6, 6.07) is 6.08. The van der Waals surface area contributed by atoms with Crippen molar-refractivity contribution in [2.75, 3.05) is 6.61 Å². The highest BCUT2D eigenvalue weighted by molar-refractivity contribution is 5.87. The van der Waals surface area contributed by atoms with Crippen LogP contribution in [0.15, 0.2) is 30.3 Å². The maximum atomic E-state index is 12.2. The Morgan fingerprint density at radius 1 is 1.21 bits per heavy atom. The topological polar surface area (TPSA) is 134 Å². The molecule has 4 unspecified atom stereocenters. The van der Waals surface area contributed by atoms with E-state index in [-0.39, 0.29) is 18.8 Å². The third-order valence-electron chi connectivity index (χ3n) is 4.54. The van der Waals surface area contributed by atoms with E-state index >= 15 is 0 Å². The molecule has 0 radical (unpaired) electrons. The summed E-state index contributed by atoms with van der Waals surface area (Å²) in [7, 11) is 0. The van der Waals surface area contributed by atoms with E-state index in [4.69, 9.17) is 9.47 Å². The van der Waals surface area contributed by atoms with E-state index in [0.717, 1.165) is 12.5 Å². The van der Waals surface area contributed by atoms with E-state index < -0.39 is 42.3 Å². The molecule has 154 valence electrons. The molecule has 0 heterocycles. The molecule has 28 heavy (non-hydrogen) atoms. The fourth-order valence-electron chi connectivity index (χ4n) is 2.91. The van der Waals surface area contributed by atoms with E-state index in [2.05, 4.69) is 0 Å². The number of carbonyl (C=O) groups excluding carboxylic acids is 2. The first-order valence-corrected chi connectivity index (χ1v) is 9.18. The fourth-order valence-corrected chi connectivity index (χ4v) is 2.91. The van der Waals surface area contributed by atoms with Crippen molar-refractivity contribution in [1.82, 2.24) is 0 Å². The third-order valence-corrected chi connectivity index (χ3v) is 4.54. The number of hydrogen-bond acceptors (Lipinski definition) is 8. The molecule has 0 aromatic heterocycles. The Morgan fingerprint density at radius 2 is 1.89 bits per heavy atom. The number of phenols is 1. The van der Waals surface area contributed by atoms with E-state index in [1.165, 1.54) is 18.2 Å². The lowest BCUT2D eigenvalue weighted by atomic mass is 9.79. The van der Waals surface area contributed by atoms with Gasteiger partial charge in [-0.1, -0.05) is 25.5 Å². The highest BCUT2D eigenvalue weighted by Gasteiger charge is 2.51. The molecule has 2 rings (SSSR count). The highest BCUT2D eigenvalue weighted by Crippen LogP contribution is 2.32. The summed E-state index contributed by atoms with van der Waals surface area (Å²) in [6.07, 6.45) is -0.952. The third kappa shape index (κ3) is 5.79. The molecule has 0 spiro atoms. The van der Waals surface area contributed by atoms with Crippen molar-refractivity contribution in [2.45, 2.75) is 56.5 Å². The minimum atomic E-state index is -2.04.